The standard InChI is InChI=1S/C27H41N4O13P/c1-25(2,3)41-22(33)30-21-28-17-14(18(29-21)39-24(35)43-27(7,8)9)11-13-15(32)16-20(38-12-45(36,37-10)44-16)40-19(13)31(17)23(34)42-26(4,5)6/h13,15-16,19-20,32H,11-12H2,1-10H3,(H,28,29,30,33)/t13-,15+,16+,19+,20-,45?/m0/s1. The molecule has 45 heavy (non-hydrogen) atoms. The van der Waals surface area contributed by atoms with Crippen LogP contribution in [0.2, 0.25) is 0 Å². The SMILES string of the molecule is COP1(=O)CO[C@H]2O[C@@H]3[C@@H](Cc4c(OC(=O)OC(C)(C)C)nc(NC(=O)OC(C)(C)C)nc4N3C(=O)OC(C)(C)C)[C@@H](O)[C@H]2O1. The van der Waals surface area contributed by atoms with Gasteiger partial charge in [-0.3, -0.25) is 14.4 Å². The fraction of sp³-hybridized carbons (Fsp3) is 0.741. The van der Waals surface area contributed by atoms with E-state index in [9.17, 15) is 24.1 Å². The summed E-state index contributed by atoms with van der Waals surface area (Å²) in [6.45, 7) is 14.8. The van der Waals surface area contributed by atoms with Crippen LogP contribution in [0, 0.1) is 5.92 Å². The van der Waals surface area contributed by atoms with Crippen molar-refractivity contribution in [2.75, 3.05) is 23.7 Å². The maximum Gasteiger partial charge on any atom is 0.515 e. The molecule has 3 aliphatic heterocycles. The molecule has 3 aliphatic rings. The molecule has 17 nitrogen and oxygen atoms in total. The third kappa shape index (κ3) is 8.40. The number of nitrogens with zero attached hydrogens (tertiary/aromatic N) is 3. The molecule has 2 fully saturated rings. The Morgan fingerprint density at radius 3 is 2.18 bits per heavy atom. The van der Waals surface area contributed by atoms with Gasteiger partial charge in [0.25, 0.3) is 0 Å². The lowest BCUT2D eigenvalue weighted by Crippen LogP contribution is -2.65. The van der Waals surface area contributed by atoms with Crippen LogP contribution in [0.1, 0.15) is 67.9 Å². The number of carbonyl (C=O) groups excluding carboxylic acids is 3. The van der Waals surface area contributed by atoms with Crippen molar-refractivity contribution in [3.63, 3.8) is 0 Å². The first-order valence-electron chi connectivity index (χ1n) is 14.2. The molecule has 0 aliphatic carbocycles. The van der Waals surface area contributed by atoms with Gasteiger partial charge in [0, 0.05) is 13.0 Å². The Morgan fingerprint density at radius 1 is 0.978 bits per heavy atom. The molecule has 0 spiro atoms. The summed E-state index contributed by atoms with van der Waals surface area (Å²) in [5.74, 6) is -1.92. The summed E-state index contributed by atoms with van der Waals surface area (Å²) in [6, 6.07) is 0. The van der Waals surface area contributed by atoms with Crippen molar-refractivity contribution in [2.24, 2.45) is 5.92 Å². The lowest BCUT2D eigenvalue weighted by molar-refractivity contribution is -0.288. The number of aliphatic hydroxyl groups is 1. The van der Waals surface area contributed by atoms with E-state index in [1.165, 1.54) is 7.11 Å². The molecule has 4 rings (SSSR count). The minimum atomic E-state index is -3.71. The van der Waals surface area contributed by atoms with E-state index in [4.69, 9.17) is 37.5 Å². The molecule has 2 N–H and O–H groups in total. The van der Waals surface area contributed by atoms with Gasteiger partial charge in [-0.1, -0.05) is 0 Å². The van der Waals surface area contributed by atoms with Crippen molar-refractivity contribution in [3.05, 3.63) is 5.56 Å². The van der Waals surface area contributed by atoms with E-state index >= 15 is 0 Å². The van der Waals surface area contributed by atoms with Crippen molar-refractivity contribution >= 4 is 37.7 Å². The van der Waals surface area contributed by atoms with E-state index in [-0.39, 0.29) is 29.6 Å². The summed E-state index contributed by atoms with van der Waals surface area (Å²) in [5, 5.41) is 13.9. The summed E-state index contributed by atoms with van der Waals surface area (Å²) >= 11 is 0. The predicted octanol–water partition coefficient (Wildman–Crippen LogP) is 4.31. The second-order valence-electron chi connectivity index (χ2n) is 13.6. The van der Waals surface area contributed by atoms with Gasteiger partial charge in [0.1, 0.15) is 22.9 Å². The highest BCUT2D eigenvalue weighted by Gasteiger charge is 2.57. The van der Waals surface area contributed by atoms with Gasteiger partial charge in [-0.2, -0.15) is 9.97 Å². The second-order valence-corrected chi connectivity index (χ2v) is 15.7. The van der Waals surface area contributed by atoms with E-state index in [1.807, 2.05) is 0 Å². The van der Waals surface area contributed by atoms with Gasteiger partial charge in [-0.05, 0) is 68.7 Å². The highest BCUT2D eigenvalue weighted by atomic mass is 31.2. The number of anilines is 2. The smallest absolute Gasteiger partial charge is 0.444 e. The fourth-order valence-corrected chi connectivity index (χ4v) is 5.83. The Labute approximate surface area is 260 Å². The number of fused-ring (bicyclic) bond motifs is 3. The molecular weight excluding hydrogens is 619 g/mol. The van der Waals surface area contributed by atoms with Crippen LogP contribution in [0.3, 0.4) is 0 Å². The Hall–Kier alpha value is -3.08. The lowest BCUT2D eigenvalue weighted by Gasteiger charge is -2.51. The number of aromatic nitrogens is 2. The Kier molecular flexibility index (Phi) is 9.48. The zero-order valence-corrected chi connectivity index (χ0v) is 27.8. The predicted molar refractivity (Wildman–Crippen MR) is 155 cm³/mol. The maximum atomic E-state index is 13.8. The molecule has 252 valence electrons. The maximum absolute atomic E-state index is 13.8. The van der Waals surface area contributed by atoms with Crippen LogP contribution in [0.4, 0.5) is 26.1 Å². The zero-order valence-electron chi connectivity index (χ0n) is 26.9. The molecule has 0 radical (unpaired) electrons. The highest BCUT2D eigenvalue weighted by Crippen LogP contribution is 2.55. The molecule has 2 amide bonds. The van der Waals surface area contributed by atoms with Crippen molar-refractivity contribution in [2.45, 2.75) is 110 Å². The van der Waals surface area contributed by atoms with Gasteiger partial charge in [-0.15, -0.1) is 0 Å². The first-order valence-corrected chi connectivity index (χ1v) is 15.9. The number of aliphatic hydroxyl groups excluding tert-OH is 1. The summed E-state index contributed by atoms with van der Waals surface area (Å²) in [6.07, 6.45) is -8.86. The Bertz CT molecular complexity index is 1370. The molecule has 4 heterocycles. The van der Waals surface area contributed by atoms with E-state index in [0.29, 0.717) is 0 Å². The molecule has 0 aromatic carbocycles. The molecule has 0 bridgehead atoms. The van der Waals surface area contributed by atoms with Crippen LogP contribution in [-0.2, 0) is 43.7 Å². The molecule has 2 saturated heterocycles. The minimum Gasteiger partial charge on any atom is -0.444 e. The van der Waals surface area contributed by atoms with Crippen LogP contribution >= 0.6 is 7.60 Å². The molecule has 1 aromatic heterocycles. The summed E-state index contributed by atoms with van der Waals surface area (Å²) < 4.78 is 56.9. The van der Waals surface area contributed by atoms with Gasteiger partial charge in [-0.25, -0.2) is 19.3 Å². The average molecular weight is 661 g/mol. The first kappa shape index (κ1) is 34.8. The van der Waals surface area contributed by atoms with Crippen molar-refractivity contribution in [1.29, 1.82) is 0 Å². The molecule has 6 atom stereocenters. The van der Waals surface area contributed by atoms with Gasteiger partial charge < -0.3 is 38.1 Å². The molecule has 0 saturated carbocycles. The zero-order chi connectivity index (χ0) is 33.7. The number of nitrogens with one attached hydrogen (secondary N) is 1. The second kappa shape index (κ2) is 12.3. The Balaban J connectivity index is 1.84. The quantitative estimate of drug-likeness (QED) is 0.263. The minimum absolute atomic E-state index is 0.0652. The molecule has 1 unspecified atom stereocenters. The number of rotatable bonds is 3. The van der Waals surface area contributed by atoms with Crippen LogP contribution in [0.25, 0.3) is 0 Å². The number of carbonyl (C=O) groups is 3. The summed E-state index contributed by atoms with van der Waals surface area (Å²) in [4.78, 5) is 48.8. The molecular formula is C27H41N4O13P. The fourth-order valence-electron chi connectivity index (χ4n) is 4.66. The van der Waals surface area contributed by atoms with Crippen molar-refractivity contribution < 1.29 is 61.5 Å². The highest BCUT2D eigenvalue weighted by molar-refractivity contribution is 7.53. The number of hydrogen-bond acceptors (Lipinski definition) is 15. The largest absolute Gasteiger partial charge is 0.515 e. The lowest BCUT2D eigenvalue weighted by atomic mass is 9.84. The van der Waals surface area contributed by atoms with E-state index in [2.05, 4.69) is 15.3 Å². The van der Waals surface area contributed by atoms with E-state index in [1.54, 1.807) is 62.3 Å². The first-order chi connectivity index (χ1) is 20.6. The molecule has 1 aromatic rings. The van der Waals surface area contributed by atoms with Crippen LogP contribution in [0.5, 0.6) is 5.88 Å². The summed E-state index contributed by atoms with van der Waals surface area (Å²) in [5.41, 5.74) is -2.74. The monoisotopic (exact) mass is 660 g/mol. The topological polar surface area (TPSA) is 203 Å². The average Bonchev–Trinajstić information content (AvgIpc) is 2.85. The van der Waals surface area contributed by atoms with Gasteiger partial charge in [0.05, 0.1) is 11.7 Å². The van der Waals surface area contributed by atoms with Crippen LogP contribution in [-0.4, -0.2) is 88.4 Å². The number of ether oxygens (including phenoxy) is 6. The van der Waals surface area contributed by atoms with Crippen LogP contribution < -0.4 is 15.0 Å². The van der Waals surface area contributed by atoms with Gasteiger partial charge in [0.2, 0.25) is 11.8 Å². The van der Waals surface area contributed by atoms with Gasteiger partial charge >= 0.3 is 25.9 Å². The van der Waals surface area contributed by atoms with E-state index < -0.39 is 79.7 Å². The molecule has 18 heteroatoms. The van der Waals surface area contributed by atoms with Gasteiger partial charge in [0.15, 0.2) is 24.7 Å². The van der Waals surface area contributed by atoms with Crippen molar-refractivity contribution in [1.82, 2.24) is 9.97 Å². The third-order valence-corrected chi connectivity index (χ3v) is 7.87. The normalized spacial score (nSPS) is 28.2. The number of hydrogen-bond donors (Lipinski definition) is 2. The summed E-state index contributed by atoms with van der Waals surface area (Å²) in [7, 11) is -2.53. The third-order valence-electron chi connectivity index (χ3n) is 6.28. The van der Waals surface area contributed by atoms with Crippen molar-refractivity contribution in [3.8, 4) is 5.88 Å². The number of amides is 2. The van der Waals surface area contributed by atoms with Crippen LogP contribution in [0.15, 0.2) is 0 Å². The van der Waals surface area contributed by atoms with E-state index in [0.717, 1.165) is 4.90 Å². The Morgan fingerprint density at radius 2 is 1.60 bits per heavy atom.